The summed E-state index contributed by atoms with van der Waals surface area (Å²) in [5.74, 6) is 0.0449. The molecule has 7 heteroatoms. The largest absolute Gasteiger partial charge is 0.494 e. The van der Waals surface area contributed by atoms with Crippen molar-refractivity contribution in [1.82, 2.24) is 0 Å². The van der Waals surface area contributed by atoms with Crippen molar-refractivity contribution in [2.75, 3.05) is 18.1 Å². The van der Waals surface area contributed by atoms with Gasteiger partial charge in [0.2, 0.25) is 0 Å². The molecule has 3 aromatic rings. The van der Waals surface area contributed by atoms with Gasteiger partial charge >= 0.3 is 5.97 Å². The Hall–Kier alpha value is -3.02. The van der Waals surface area contributed by atoms with E-state index >= 15 is 0 Å². The Bertz CT molecular complexity index is 1080. The number of amides is 1. The minimum absolute atomic E-state index is 0.157. The molecule has 0 unspecified atom stereocenters. The van der Waals surface area contributed by atoms with E-state index in [0.29, 0.717) is 44.8 Å². The lowest BCUT2D eigenvalue weighted by molar-refractivity contribution is 0.0526. The molecule has 0 aliphatic rings. The first kappa shape index (κ1) is 24.6. The van der Waals surface area contributed by atoms with E-state index < -0.39 is 5.97 Å². The summed E-state index contributed by atoms with van der Waals surface area (Å²) >= 11 is 12.8. The second-order valence-corrected chi connectivity index (χ2v) is 8.05. The van der Waals surface area contributed by atoms with Gasteiger partial charge in [-0.15, -0.1) is 0 Å². The second kappa shape index (κ2) is 11.7. The zero-order valence-electron chi connectivity index (χ0n) is 18.5. The SMILES string of the molecule is CCCOc1ccc(C(=O)N(Cc2c(Cl)cccc2Cl)c2ccc(C(=O)OCC)cc2)cc1. The third kappa shape index (κ3) is 6.28. The van der Waals surface area contributed by atoms with Crippen LogP contribution in [-0.4, -0.2) is 25.1 Å². The summed E-state index contributed by atoms with van der Waals surface area (Å²) in [5, 5.41) is 0.929. The Morgan fingerprint density at radius 1 is 0.848 bits per heavy atom. The van der Waals surface area contributed by atoms with Crippen LogP contribution in [0.15, 0.2) is 66.7 Å². The Labute approximate surface area is 203 Å². The van der Waals surface area contributed by atoms with E-state index in [1.165, 1.54) is 0 Å². The Kier molecular flexibility index (Phi) is 8.75. The van der Waals surface area contributed by atoms with Crippen molar-refractivity contribution in [2.45, 2.75) is 26.8 Å². The molecule has 5 nitrogen and oxygen atoms in total. The zero-order chi connectivity index (χ0) is 23.8. The van der Waals surface area contributed by atoms with E-state index in [1.54, 1.807) is 78.6 Å². The van der Waals surface area contributed by atoms with E-state index in [1.807, 2.05) is 6.92 Å². The van der Waals surface area contributed by atoms with Gasteiger partial charge in [-0.2, -0.15) is 0 Å². The molecule has 0 fully saturated rings. The van der Waals surface area contributed by atoms with Crippen LogP contribution in [0.4, 0.5) is 5.69 Å². The van der Waals surface area contributed by atoms with Crippen molar-refractivity contribution in [3.8, 4) is 5.75 Å². The number of benzene rings is 3. The highest BCUT2D eigenvalue weighted by Crippen LogP contribution is 2.29. The number of anilines is 1. The topological polar surface area (TPSA) is 55.8 Å². The highest BCUT2D eigenvalue weighted by Gasteiger charge is 2.21. The quantitative estimate of drug-likeness (QED) is 0.312. The maximum Gasteiger partial charge on any atom is 0.338 e. The van der Waals surface area contributed by atoms with Crippen LogP contribution >= 0.6 is 23.2 Å². The molecule has 0 aromatic heterocycles. The normalized spacial score (nSPS) is 10.5. The summed E-state index contributed by atoms with van der Waals surface area (Å²) in [5.41, 5.74) is 2.11. The molecule has 0 aliphatic heterocycles. The van der Waals surface area contributed by atoms with Crippen LogP contribution in [-0.2, 0) is 11.3 Å². The van der Waals surface area contributed by atoms with Crippen molar-refractivity contribution in [1.29, 1.82) is 0 Å². The maximum atomic E-state index is 13.5. The molecule has 0 heterocycles. The maximum absolute atomic E-state index is 13.5. The van der Waals surface area contributed by atoms with Gasteiger partial charge in [-0.25, -0.2) is 4.79 Å². The molecule has 0 N–H and O–H groups in total. The van der Waals surface area contributed by atoms with Crippen molar-refractivity contribution < 1.29 is 19.1 Å². The summed E-state index contributed by atoms with van der Waals surface area (Å²) in [6.07, 6.45) is 0.898. The van der Waals surface area contributed by atoms with Crippen molar-refractivity contribution >= 4 is 40.8 Å². The van der Waals surface area contributed by atoms with Crippen LogP contribution in [0.1, 0.15) is 46.5 Å². The molecule has 1 amide bonds. The molecule has 0 aliphatic carbocycles. The van der Waals surface area contributed by atoms with Gasteiger partial charge in [0, 0.05) is 26.9 Å². The number of hydrogen-bond donors (Lipinski definition) is 0. The number of ether oxygens (including phenoxy) is 2. The van der Waals surface area contributed by atoms with Gasteiger partial charge < -0.3 is 14.4 Å². The van der Waals surface area contributed by atoms with Crippen LogP contribution in [0, 0.1) is 0 Å². The number of rotatable bonds is 9. The highest BCUT2D eigenvalue weighted by molar-refractivity contribution is 6.36. The Balaban J connectivity index is 1.94. The van der Waals surface area contributed by atoms with E-state index in [9.17, 15) is 9.59 Å². The van der Waals surface area contributed by atoms with Crippen LogP contribution in [0.3, 0.4) is 0 Å². The zero-order valence-corrected chi connectivity index (χ0v) is 20.0. The fraction of sp³-hybridized carbons (Fsp3) is 0.231. The highest BCUT2D eigenvalue weighted by atomic mass is 35.5. The van der Waals surface area contributed by atoms with E-state index in [0.717, 1.165) is 6.42 Å². The fourth-order valence-corrected chi connectivity index (χ4v) is 3.70. The van der Waals surface area contributed by atoms with E-state index in [4.69, 9.17) is 32.7 Å². The van der Waals surface area contributed by atoms with Gasteiger partial charge in [0.15, 0.2) is 0 Å². The number of carbonyl (C=O) groups excluding carboxylic acids is 2. The molecule has 33 heavy (non-hydrogen) atoms. The van der Waals surface area contributed by atoms with Gasteiger partial charge in [-0.1, -0.05) is 36.2 Å². The summed E-state index contributed by atoms with van der Waals surface area (Å²) in [7, 11) is 0. The van der Waals surface area contributed by atoms with Gasteiger partial charge in [0.05, 0.1) is 25.3 Å². The monoisotopic (exact) mass is 485 g/mol. The first-order valence-electron chi connectivity index (χ1n) is 10.7. The molecule has 0 spiro atoms. The molecule has 3 rings (SSSR count). The summed E-state index contributed by atoms with van der Waals surface area (Å²) in [4.78, 5) is 27.1. The van der Waals surface area contributed by atoms with E-state index in [2.05, 4.69) is 0 Å². The number of carbonyl (C=O) groups is 2. The van der Waals surface area contributed by atoms with Crippen molar-refractivity contribution in [3.05, 3.63) is 93.5 Å². The lowest BCUT2D eigenvalue weighted by atomic mass is 10.1. The fourth-order valence-electron chi connectivity index (χ4n) is 3.18. The molecular formula is C26H25Cl2NO4. The van der Waals surface area contributed by atoms with Crippen LogP contribution in [0.25, 0.3) is 0 Å². The molecule has 0 atom stereocenters. The second-order valence-electron chi connectivity index (χ2n) is 7.23. The smallest absolute Gasteiger partial charge is 0.338 e. The van der Waals surface area contributed by atoms with Gasteiger partial charge in [-0.05, 0) is 74.0 Å². The number of esters is 1. The van der Waals surface area contributed by atoms with Gasteiger partial charge in [-0.3, -0.25) is 4.79 Å². The number of hydrogen-bond acceptors (Lipinski definition) is 4. The summed E-state index contributed by atoms with van der Waals surface area (Å²) in [6.45, 7) is 4.83. The van der Waals surface area contributed by atoms with Crippen molar-refractivity contribution in [2.24, 2.45) is 0 Å². The molecule has 3 aromatic carbocycles. The number of nitrogens with zero attached hydrogens (tertiary/aromatic N) is 1. The molecule has 0 bridgehead atoms. The van der Waals surface area contributed by atoms with Gasteiger partial charge in [0.25, 0.3) is 5.91 Å². The van der Waals surface area contributed by atoms with E-state index in [-0.39, 0.29) is 19.1 Å². The lowest BCUT2D eigenvalue weighted by Gasteiger charge is -2.24. The average molecular weight is 486 g/mol. The molecule has 172 valence electrons. The number of halogens is 2. The van der Waals surface area contributed by atoms with Crippen LogP contribution < -0.4 is 9.64 Å². The standard InChI is InChI=1S/C26H25Cl2NO4/c1-3-16-33-21-14-10-18(11-15-21)25(30)29(17-22-23(27)6-5-7-24(22)28)20-12-8-19(9-13-20)26(31)32-4-2/h5-15H,3-4,16-17H2,1-2H3. The van der Waals surface area contributed by atoms with Gasteiger partial charge in [0.1, 0.15) is 5.75 Å². The van der Waals surface area contributed by atoms with Crippen LogP contribution in [0.2, 0.25) is 10.0 Å². The molecular weight excluding hydrogens is 461 g/mol. The first-order valence-corrected chi connectivity index (χ1v) is 11.4. The molecule has 0 radical (unpaired) electrons. The predicted molar refractivity (Wildman–Crippen MR) is 132 cm³/mol. The lowest BCUT2D eigenvalue weighted by Crippen LogP contribution is -2.30. The third-order valence-electron chi connectivity index (χ3n) is 4.89. The Morgan fingerprint density at radius 2 is 1.45 bits per heavy atom. The minimum Gasteiger partial charge on any atom is -0.494 e. The Morgan fingerprint density at radius 3 is 2.03 bits per heavy atom. The third-order valence-corrected chi connectivity index (χ3v) is 5.60. The minimum atomic E-state index is -0.418. The van der Waals surface area contributed by atoms with Crippen LogP contribution in [0.5, 0.6) is 5.75 Å². The summed E-state index contributed by atoms with van der Waals surface area (Å²) in [6, 6.07) is 18.9. The predicted octanol–water partition coefficient (Wildman–Crippen LogP) is 6.81. The first-order chi connectivity index (χ1) is 15.9. The average Bonchev–Trinajstić information content (AvgIpc) is 2.83. The molecule has 0 saturated carbocycles. The van der Waals surface area contributed by atoms with Crippen molar-refractivity contribution in [3.63, 3.8) is 0 Å². The summed E-state index contributed by atoms with van der Waals surface area (Å²) < 4.78 is 10.7. The molecule has 0 saturated heterocycles.